The smallest absolute Gasteiger partial charge is 0.0766 e. The molecule has 0 fully saturated rings. The van der Waals surface area contributed by atoms with Gasteiger partial charge < -0.3 is 5.73 Å². The van der Waals surface area contributed by atoms with Gasteiger partial charge in [-0.15, -0.1) is 0 Å². The van der Waals surface area contributed by atoms with Gasteiger partial charge in [-0.3, -0.25) is 4.68 Å². The first-order valence-corrected chi connectivity index (χ1v) is 8.40. The van der Waals surface area contributed by atoms with E-state index in [9.17, 15) is 0 Å². The van der Waals surface area contributed by atoms with E-state index in [0.717, 1.165) is 51.4 Å². The first-order chi connectivity index (χ1) is 9.97. The van der Waals surface area contributed by atoms with Crippen LogP contribution < -0.4 is 5.73 Å². The summed E-state index contributed by atoms with van der Waals surface area (Å²) >= 11 is 9.86. The van der Waals surface area contributed by atoms with Crippen molar-refractivity contribution >= 4 is 27.5 Å². The Morgan fingerprint density at radius 2 is 2.10 bits per heavy atom. The molecule has 0 aliphatic carbocycles. The van der Waals surface area contributed by atoms with Crippen molar-refractivity contribution in [2.24, 2.45) is 5.73 Å². The molecule has 2 rings (SSSR count). The molecule has 0 spiro atoms. The number of aromatic nitrogens is 2. The molecule has 0 radical (unpaired) electrons. The summed E-state index contributed by atoms with van der Waals surface area (Å²) in [7, 11) is 0. The lowest BCUT2D eigenvalue weighted by molar-refractivity contribution is 0.584. The molecule has 114 valence electrons. The standard InChI is InChI=1S/C16H21BrClN3/c1-4-14-16(17)15(21(5-2)20-14)9-13(19)11-7-6-10(3)12(18)8-11/h6-8,13H,4-5,9,19H2,1-3H3. The van der Waals surface area contributed by atoms with Gasteiger partial charge >= 0.3 is 0 Å². The number of benzene rings is 1. The van der Waals surface area contributed by atoms with Crippen LogP contribution in [-0.4, -0.2) is 9.78 Å². The van der Waals surface area contributed by atoms with Gasteiger partial charge in [0.1, 0.15) is 0 Å². The van der Waals surface area contributed by atoms with Crippen LogP contribution in [0.25, 0.3) is 0 Å². The zero-order valence-corrected chi connectivity index (χ0v) is 15.0. The highest BCUT2D eigenvalue weighted by Gasteiger charge is 2.18. The molecule has 0 amide bonds. The van der Waals surface area contributed by atoms with Crippen LogP contribution in [0.4, 0.5) is 0 Å². The molecule has 0 aliphatic heterocycles. The maximum absolute atomic E-state index is 6.37. The van der Waals surface area contributed by atoms with Crippen LogP contribution >= 0.6 is 27.5 Å². The van der Waals surface area contributed by atoms with Crippen molar-refractivity contribution in [3.63, 3.8) is 0 Å². The minimum absolute atomic E-state index is 0.0916. The van der Waals surface area contributed by atoms with Gasteiger partial charge in [0, 0.05) is 24.0 Å². The normalized spacial score (nSPS) is 12.7. The number of aryl methyl sites for hydroxylation is 3. The number of nitrogens with two attached hydrogens (primary N) is 1. The quantitative estimate of drug-likeness (QED) is 0.846. The highest BCUT2D eigenvalue weighted by atomic mass is 79.9. The van der Waals surface area contributed by atoms with E-state index in [1.165, 1.54) is 0 Å². The number of hydrogen-bond donors (Lipinski definition) is 1. The van der Waals surface area contributed by atoms with Crippen molar-refractivity contribution in [2.45, 2.75) is 46.2 Å². The van der Waals surface area contributed by atoms with Gasteiger partial charge in [-0.1, -0.05) is 30.7 Å². The summed E-state index contributed by atoms with van der Waals surface area (Å²) in [6.45, 7) is 7.04. The predicted molar refractivity (Wildman–Crippen MR) is 91.8 cm³/mol. The summed E-state index contributed by atoms with van der Waals surface area (Å²) in [5.74, 6) is 0. The number of nitrogens with zero attached hydrogens (tertiary/aromatic N) is 2. The van der Waals surface area contributed by atoms with Gasteiger partial charge in [0.2, 0.25) is 0 Å². The van der Waals surface area contributed by atoms with Gasteiger partial charge in [0.05, 0.1) is 15.9 Å². The van der Waals surface area contributed by atoms with E-state index < -0.39 is 0 Å². The second kappa shape index (κ2) is 6.95. The van der Waals surface area contributed by atoms with Crippen molar-refractivity contribution in [1.29, 1.82) is 0 Å². The number of rotatable bonds is 5. The van der Waals surface area contributed by atoms with E-state index in [4.69, 9.17) is 17.3 Å². The largest absolute Gasteiger partial charge is 0.324 e. The monoisotopic (exact) mass is 369 g/mol. The van der Waals surface area contributed by atoms with Gasteiger partial charge in [-0.25, -0.2) is 0 Å². The van der Waals surface area contributed by atoms with Gasteiger partial charge in [0.25, 0.3) is 0 Å². The Labute approximate surface area is 139 Å². The van der Waals surface area contributed by atoms with Crippen LogP contribution in [0, 0.1) is 6.92 Å². The van der Waals surface area contributed by atoms with E-state index >= 15 is 0 Å². The first-order valence-electron chi connectivity index (χ1n) is 7.23. The molecule has 1 aromatic carbocycles. The average Bonchev–Trinajstić information content (AvgIpc) is 2.78. The molecule has 1 unspecified atom stereocenters. The summed E-state index contributed by atoms with van der Waals surface area (Å²) in [6, 6.07) is 5.93. The van der Waals surface area contributed by atoms with E-state index in [1.807, 2.05) is 29.8 Å². The maximum atomic E-state index is 6.37. The molecule has 1 heterocycles. The Morgan fingerprint density at radius 3 is 2.67 bits per heavy atom. The van der Waals surface area contributed by atoms with Crippen molar-refractivity contribution in [2.75, 3.05) is 0 Å². The van der Waals surface area contributed by atoms with E-state index in [-0.39, 0.29) is 6.04 Å². The predicted octanol–water partition coefficient (Wildman–Crippen LogP) is 4.43. The van der Waals surface area contributed by atoms with Crippen LogP contribution in [0.15, 0.2) is 22.7 Å². The Hall–Kier alpha value is -0.840. The highest BCUT2D eigenvalue weighted by Crippen LogP contribution is 2.28. The molecule has 1 aromatic heterocycles. The Bertz CT molecular complexity index is 637. The fraction of sp³-hybridized carbons (Fsp3) is 0.438. The Morgan fingerprint density at radius 1 is 1.38 bits per heavy atom. The van der Waals surface area contributed by atoms with Crippen LogP contribution in [0.1, 0.15) is 42.4 Å². The minimum Gasteiger partial charge on any atom is -0.324 e. The van der Waals surface area contributed by atoms with Crippen molar-refractivity contribution < 1.29 is 0 Å². The lowest BCUT2D eigenvalue weighted by Crippen LogP contribution is -2.16. The van der Waals surface area contributed by atoms with Gasteiger partial charge in [0.15, 0.2) is 0 Å². The SMILES string of the molecule is CCc1nn(CC)c(CC(N)c2ccc(C)c(Cl)c2)c1Br. The zero-order valence-electron chi connectivity index (χ0n) is 12.7. The fourth-order valence-electron chi connectivity index (χ4n) is 2.38. The number of hydrogen-bond acceptors (Lipinski definition) is 2. The number of halogens is 2. The molecule has 0 aliphatic rings. The van der Waals surface area contributed by atoms with Crippen LogP contribution in [0.5, 0.6) is 0 Å². The highest BCUT2D eigenvalue weighted by molar-refractivity contribution is 9.10. The lowest BCUT2D eigenvalue weighted by Gasteiger charge is -2.14. The van der Waals surface area contributed by atoms with E-state index in [1.54, 1.807) is 0 Å². The molecular weight excluding hydrogens is 350 g/mol. The Balaban J connectivity index is 2.28. The van der Waals surface area contributed by atoms with Crippen molar-refractivity contribution in [3.05, 3.63) is 50.2 Å². The molecule has 1 atom stereocenters. The minimum atomic E-state index is -0.0916. The van der Waals surface area contributed by atoms with Crippen LogP contribution in [0.3, 0.4) is 0 Å². The third kappa shape index (κ3) is 3.50. The molecule has 21 heavy (non-hydrogen) atoms. The fourth-order valence-corrected chi connectivity index (χ4v) is 3.29. The maximum Gasteiger partial charge on any atom is 0.0766 e. The van der Waals surface area contributed by atoms with Crippen molar-refractivity contribution in [1.82, 2.24) is 9.78 Å². The summed E-state index contributed by atoms with van der Waals surface area (Å²) in [4.78, 5) is 0. The Kier molecular flexibility index (Phi) is 5.47. The summed E-state index contributed by atoms with van der Waals surface area (Å²) in [6.07, 6.45) is 1.65. The van der Waals surface area contributed by atoms with Crippen molar-refractivity contribution in [3.8, 4) is 0 Å². The van der Waals surface area contributed by atoms with E-state index in [2.05, 4.69) is 34.9 Å². The molecule has 0 saturated heterocycles. The molecule has 0 bridgehead atoms. The zero-order chi connectivity index (χ0) is 15.6. The summed E-state index contributed by atoms with van der Waals surface area (Å²) < 4.78 is 3.11. The topological polar surface area (TPSA) is 43.8 Å². The molecular formula is C16H21BrClN3. The average molecular weight is 371 g/mol. The second-order valence-electron chi connectivity index (χ2n) is 5.20. The molecule has 2 aromatic rings. The summed E-state index contributed by atoms with van der Waals surface area (Å²) in [5.41, 5.74) is 10.7. The van der Waals surface area contributed by atoms with Crippen LogP contribution in [0.2, 0.25) is 5.02 Å². The molecule has 2 N–H and O–H groups in total. The van der Waals surface area contributed by atoms with Gasteiger partial charge in [-0.2, -0.15) is 5.10 Å². The van der Waals surface area contributed by atoms with Gasteiger partial charge in [-0.05, 0) is 53.4 Å². The van der Waals surface area contributed by atoms with E-state index in [0.29, 0.717) is 0 Å². The second-order valence-corrected chi connectivity index (χ2v) is 6.40. The third-order valence-electron chi connectivity index (χ3n) is 3.73. The molecule has 0 saturated carbocycles. The first kappa shape index (κ1) is 16.5. The molecule has 5 heteroatoms. The molecule has 3 nitrogen and oxygen atoms in total. The summed E-state index contributed by atoms with van der Waals surface area (Å²) in [5, 5.41) is 5.38. The third-order valence-corrected chi connectivity index (χ3v) is 5.05. The lowest BCUT2D eigenvalue weighted by atomic mass is 10.0. The van der Waals surface area contributed by atoms with Crippen LogP contribution in [-0.2, 0) is 19.4 Å².